The summed E-state index contributed by atoms with van der Waals surface area (Å²) in [5, 5.41) is 14.4. The number of halogens is 2. The van der Waals surface area contributed by atoms with Crippen LogP contribution in [-0.2, 0) is 0 Å². The van der Waals surface area contributed by atoms with Gasteiger partial charge < -0.3 is 10.6 Å². The van der Waals surface area contributed by atoms with Gasteiger partial charge >= 0.3 is 6.03 Å². The number of pyridine rings is 1. The van der Waals surface area contributed by atoms with Crippen LogP contribution < -0.4 is 10.6 Å². The van der Waals surface area contributed by atoms with Gasteiger partial charge in [-0.2, -0.15) is 5.26 Å². The second kappa shape index (κ2) is 6.37. The normalized spacial score (nSPS) is 9.65. The van der Waals surface area contributed by atoms with E-state index in [4.69, 9.17) is 16.9 Å². The van der Waals surface area contributed by atoms with Gasteiger partial charge in [-0.15, -0.1) is 0 Å². The first kappa shape index (κ1) is 14.3. The monoisotopic (exact) mass is 350 g/mol. The number of anilines is 2. The first-order chi connectivity index (χ1) is 9.58. The quantitative estimate of drug-likeness (QED) is 0.802. The van der Waals surface area contributed by atoms with E-state index in [0.29, 0.717) is 26.6 Å². The number of nitrogens with one attached hydrogen (secondary N) is 2. The Morgan fingerprint density at radius 3 is 2.60 bits per heavy atom. The average molecular weight is 352 g/mol. The first-order valence-electron chi connectivity index (χ1n) is 5.47. The molecule has 2 aromatic rings. The molecule has 0 saturated carbocycles. The fraction of sp³-hybridized carbons (Fsp3) is 0. The Labute approximate surface area is 128 Å². The van der Waals surface area contributed by atoms with Crippen molar-refractivity contribution in [3.8, 4) is 6.07 Å². The standard InChI is InChI=1S/C13H8BrClN4O/c14-11-2-1-9(5-8(11)7-16)18-13(20)19-10-3-4-17-12(15)6-10/h1-6H,(H2,17,18,19,20). The number of rotatable bonds is 2. The summed E-state index contributed by atoms with van der Waals surface area (Å²) in [4.78, 5) is 15.6. The predicted octanol–water partition coefficient (Wildman–Crippen LogP) is 4.01. The molecule has 0 unspecified atom stereocenters. The Balaban J connectivity index is 2.07. The molecule has 1 aromatic carbocycles. The molecule has 0 saturated heterocycles. The molecule has 100 valence electrons. The van der Waals surface area contributed by atoms with Crippen molar-refractivity contribution in [3.63, 3.8) is 0 Å². The third-order valence-corrected chi connectivity index (χ3v) is 3.23. The molecule has 2 amide bonds. The van der Waals surface area contributed by atoms with Crippen LogP contribution >= 0.6 is 27.5 Å². The van der Waals surface area contributed by atoms with E-state index < -0.39 is 6.03 Å². The van der Waals surface area contributed by atoms with E-state index in [9.17, 15) is 4.79 Å². The molecule has 20 heavy (non-hydrogen) atoms. The summed E-state index contributed by atoms with van der Waals surface area (Å²) in [5.74, 6) is 0. The molecule has 2 rings (SSSR count). The molecular formula is C13H8BrClN4O. The van der Waals surface area contributed by atoms with Crippen LogP contribution in [0.4, 0.5) is 16.2 Å². The average Bonchev–Trinajstić information content (AvgIpc) is 2.41. The molecule has 7 heteroatoms. The molecule has 5 nitrogen and oxygen atoms in total. The maximum Gasteiger partial charge on any atom is 0.323 e. The minimum atomic E-state index is -0.432. The molecule has 0 radical (unpaired) electrons. The summed E-state index contributed by atoms with van der Waals surface area (Å²) < 4.78 is 0.673. The Kier molecular flexibility index (Phi) is 4.56. The van der Waals surface area contributed by atoms with Gasteiger partial charge in [0.15, 0.2) is 0 Å². The second-order valence-corrected chi connectivity index (χ2v) is 4.99. The topological polar surface area (TPSA) is 77.8 Å². The number of hydrogen-bond acceptors (Lipinski definition) is 3. The Morgan fingerprint density at radius 1 is 1.25 bits per heavy atom. The van der Waals surface area contributed by atoms with Crippen LogP contribution in [0.25, 0.3) is 0 Å². The summed E-state index contributed by atoms with van der Waals surface area (Å²) in [7, 11) is 0. The zero-order chi connectivity index (χ0) is 14.5. The van der Waals surface area contributed by atoms with E-state index in [0.717, 1.165) is 0 Å². The fourth-order valence-electron chi connectivity index (χ4n) is 1.46. The zero-order valence-electron chi connectivity index (χ0n) is 10.0. The first-order valence-corrected chi connectivity index (χ1v) is 6.65. The maximum absolute atomic E-state index is 11.8. The zero-order valence-corrected chi connectivity index (χ0v) is 12.4. The van der Waals surface area contributed by atoms with Gasteiger partial charge in [-0.3, -0.25) is 0 Å². The lowest BCUT2D eigenvalue weighted by Gasteiger charge is -2.08. The van der Waals surface area contributed by atoms with Crippen LogP contribution in [0.2, 0.25) is 5.15 Å². The second-order valence-electron chi connectivity index (χ2n) is 3.75. The highest BCUT2D eigenvalue weighted by Gasteiger charge is 2.05. The highest BCUT2D eigenvalue weighted by Crippen LogP contribution is 2.20. The van der Waals surface area contributed by atoms with Gasteiger partial charge in [0, 0.05) is 22.0 Å². The van der Waals surface area contributed by atoms with E-state index in [1.807, 2.05) is 6.07 Å². The molecule has 0 fully saturated rings. The van der Waals surface area contributed by atoms with E-state index in [-0.39, 0.29) is 0 Å². The Morgan fingerprint density at radius 2 is 1.95 bits per heavy atom. The largest absolute Gasteiger partial charge is 0.323 e. The van der Waals surface area contributed by atoms with Crippen molar-refractivity contribution in [1.29, 1.82) is 5.26 Å². The summed E-state index contributed by atoms with van der Waals surface area (Å²) in [6, 6.07) is 9.69. The molecular weight excluding hydrogens is 344 g/mol. The van der Waals surface area contributed by atoms with Crippen LogP contribution in [0.1, 0.15) is 5.56 Å². The van der Waals surface area contributed by atoms with Crippen molar-refractivity contribution in [2.45, 2.75) is 0 Å². The smallest absolute Gasteiger partial charge is 0.308 e. The van der Waals surface area contributed by atoms with Crippen molar-refractivity contribution < 1.29 is 4.79 Å². The molecule has 0 aliphatic rings. The summed E-state index contributed by atoms with van der Waals surface area (Å²) in [6.07, 6.45) is 1.49. The van der Waals surface area contributed by atoms with Crippen LogP contribution in [0, 0.1) is 11.3 Å². The lowest BCUT2D eigenvalue weighted by atomic mass is 10.2. The van der Waals surface area contributed by atoms with Gasteiger partial charge in [0.1, 0.15) is 11.2 Å². The van der Waals surface area contributed by atoms with Crippen LogP contribution in [0.5, 0.6) is 0 Å². The van der Waals surface area contributed by atoms with Crippen molar-refractivity contribution in [2.75, 3.05) is 10.6 Å². The summed E-state index contributed by atoms with van der Waals surface area (Å²) in [5.41, 5.74) is 1.48. The number of urea groups is 1. The minimum absolute atomic E-state index is 0.290. The molecule has 2 N–H and O–H groups in total. The number of carbonyl (C=O) groups is 1. The third kappa shape index (κ3) is 3.70. The number of nitrogens with zero attached hydrogens (tertiary/aromatic N) is 2. The van der Waals surface area contributed by atoms with Gasteiger partial charge in [0.05, 0.1) is 5.56 Å². The number of amides is 2. The highest BCUT2D eigenvalue weighted by atomic mass is 79.9. The SMILES string of the molecule is N#Cc1cc(NC(=O)Nc2ccnc(Cl)c2)ccc1Br. The number of nitriles is 1. The number of benzene rings is 1. The molecule has 0 atom stereocenters. The molecule has 0 aliphatic carbocycles. The van der Waals surface area contributed by atoms with Crippen LogP contribution in [0.3, 0.4) is 0 Å². The van der Waals surface area contributed by atoms with Gasteiger partial charge in [-0.25, -0.2) is 9.78 Å². The minimum Gasteiger partial charge on any atom is -0.308 e. The molecule has 1 aromatic heterocycles. The molecule has 0 bridgehead atoms. The van der Waals surface area contributed by atoms with E-state index >= 15 is 0 Å². The van der Waals surface area contributed by atoms with Crippen molar-refractivity contribution in [1.82, 2.24) is 4.98 Å². The number of carbonyl (C=O) groups excluding carboxylic acids is 1. The van der Waals surface area contributed by atoms with Gasteiger partial charge in [-0.05, 0) is 46.3 Å². The van der Waals surface area contributed by atoms with Crippen LogP contribution in [-0.4, -0.2) is 11.0 Å². The third-order valence-electron chi connectivity index (χ3n) is 2.33. The fourth-order valence-corrected chi connectivity index (χ4v) is 1.97. The van der Waals surface area contributed by atoms with Crippen molar-refractivity contribution >= 4 is 44.9 Å². The van der Waals surface area contributed by atoms with E-state index in [1.165, 1.54) is 12.3 Å². The Hall–Kier alpha value is -2.10. The number of aromatic nitrogens is 1. The maximum atomic E-state index is 11.8. The summed E-state index contributed by atoms with van der Waals surface area (Å²) in [6.45, 7) is 0. The summed E-state index contributed by atoms with van der Waals surface area (Å²) >= 11 is 8.97. The van der Waals surface area contributed by atoms with E-state index in [1.54, 1.807) is 24.3 Å². The van der Waals surface area contributed by atoms with Gasteiger partial charge in [0.25, 0.3) is 0 Å². The van der Waals surface area contributed by atoms with Crippen molar-refractivity contribution in [3.05, 3.63) is 51.7 Å². The van der Waals surface area contributed by atoms with Gasteiger partial charge in [-0.1, -0.05) is 11.6 Å². The highest BCUT2D eigenvalue weighted by molar-refractivity contribution is 9.10. The number of hydrogen-bond donors (Lipinski definition) is 2. The molecule has 0 spiro atoms. The predicted molar refractivity (Wildman–Crippen MR) is 80.7 cm³/mol. The molecule has 1 heterocycles. The lowest BCUT2D eigenvalue weighted by molar-refractivity contribution is 0.262. The Bertz CT molecular complexity index is 699. The van der Waals surface area contributed by atoms with Crippen molar-refractivity contribution in [2.24, 2.45) is 0 Å². The lowest BCUT2D eigenvalue weighted by Crippen LogP contribution is -2.19. The molecule has 0 aliphatic heterocycles. The van der Waals surface area contributed by atoms with Crippen LogP contribution in [0.15, 0.2) is 41.0 Å². The van der Waals surface area contributed by atoms with E-state index in [2.05, 4.69) is 31.5 Å². The van der Waals surface area contributed by atoms with Gasteiger partial charge in [0.2, 0.25) is 0 Å².